The van der Waals surface area contributed by atoms with Gasteiger partial charge in [-0.25, -0.2) is 9.69 Å². The molecule has 1 aliphatic rings. The Morgan fingerprint density at radius 1 is 1.50 bits per heavy atom. The highest BCUT2D eigenvalue weighted by atomic mass is 79.9. The quantitative estimate of drug-likeness (QED) is 0.797. The summed E-state index contributed by atoms with van der Waals surface area (Å²) < 4.78 is 5.42. The summed E-state index contributed by atoms with van der Waals surface area (Å²) in [4.78, 5) is 36.1. The summed E-state index contributed by atoms with van der Waals surface area (Å²) in [6.07, 6.45) is -0.887. The Morgan fingerprint density at radius 2 is 2.10 bits per heavy atom. The molecule has 0 aromatic carbocycles. The van der Waals surface area contributed by atoms with Gasteiger partial charge in [0.25, 0.3) is 0 Å². The molecule has 0 saturated carbocycles. The standard InChI is InChI=1S/C13H18BrNO5/c1-7(2)10-6-20-13(19)15(10)12(18)9(4-8(3)14)5-11(16)17/h7,9-10H,3-6H2,1-2H3,(H,16,17)/t9-,10-/m1/s1. The van der Waals surface area contributed by atoms with Crippen molar-refractivity contribution < 1.29 is 24.2 Å². The third kappa shape index (κ3) is 4.06. The van der Waals surface area contributed by atoms with Crippen LogP contribution in [0.3, 0.4) is 0 Å². The summed E-state index contributed by atoms with van der Waals surface area (Å²) in [6.45, 7) is 7.53. The van der Waals surface area contributed by atoms with Crippen molar-refractivity contribution in [3.05, 3.63) is 11.1 Å². The second-order valence-corrected chi connectivity index (χ2v) is 6.23. The average Bonchev–Trinajstić information content (AvgIpc) is 2.68. The lowest BCUT2D eigenvalue weighted by Crippen LogP contribution is -2.45. The Morgan fingerprint density at radius 3 is 2.55 bits per heavy atom. The minimum absolute atomic E-state index is 0.0445. The molecular formula is C13H18BrNO5. The van der Waals surface area contributed by atoms with Crippen LogP contribution in [0, 0.1) is 11.8 Å². The van der Waals surface area contributed by atoms with Gasteiger partial charge in [-0.2, -0.15) is 0 Å². The van der Waals surface area contributed by atoms with E-state index in [0.717, 1.165) is 4.90 Å². The molecule has 1 N–H and O–H groups in total. The third-order valence-electron chi connectivity index (χ3n) is 3.15. The Bertz CT molecular complexity index is 418. The number of carbonyl (C=O) groups excluding carboxylic acids is 2. The molecular weight excluding hydrogens is 330 g/mol. The zero-order valence-corrected chi connectivity index (χ0v) is 13.1. The highest BCUT2D eigenvalue weighted by Gasteiger charge is 2.42. The zero-order valence-electron chi connectivity index (χ0n) is 11.5. The van der Waals surface area contributed by atoms with Gasteiger partial charge in [0, 0.05) is 0 Å². The maximum Gasteiger partial charge on any atom is 0.416 e. The summed E-state index contributed by atoms with van der Waals surface area (Å²) >= 11 is 3.13. The molecule has 1 heterocycles. The molecule has 0 aromatic heterocycles. The maximum atomic E-state index is 12.4. The van der Waals surface area contributed by atoms with Crippen molar-refractivity contribution in [3.63, 3.8) is 0 Å². The first kappa shape index (κ1) is 16.7. The van der Waals surface area contributed by atoms with E-state index in [4.69, 9.17) is 9.84 Å². The van der Waals surface area contributed by atoms with Crippen molar-refractivity contribution in [2.45, 2.75) is 32.7 Å². The van der Waals surface area contributed by atoms with Gasteiger partial charge >= 0.3 is 12.1 Å². The van der Waals surface area contributed by atoms with Crippen molar-refractivity contribution in [2.75, 3.05) is 6.61 Å². The van der Waals surface area contributed by atoms with Crippen LogP contribution >= 0.6 is 15.9 Å². The Kier molecular flexibility index (Phi) is 5.74. The number of rotatable bonds is 6. The molecule has 1 aliphatic heterocycles. The number of nitrogens with zero attached hydrogens (tertiary/aromatic N) is 1. The van der Waals surface area contributed by atoms with Crippen molar-refractivity contribution in [1.82, 2.24) is 4.90 Å². The molecule has 1 rings (SSSR count). The molecule has 112 valence electrons. The van der Waals surface area contributed by atoms with Gasteiger partial charge in [0.15, 0.2) is 0 Å². The van der Waals surface area contributed by atoms with E-state index >= 15 is 0 Å². The number of carbonyl (C=O) groups is 3. The van der Waals surface area contributed by atoms with Gasteiger partial charge in [-0.1, -0.05) is 36.4 Å². The van der Waals surface area contributed by atoms with Crippen LogP contribution in [0.5, 0.6) is 0 Å². The minimum Gasteiger partial charge on any atom is -0.481 e. The lowest BCUT2D eigenvalue weighted by atomic mass is 9.97. The molecule has 2 atom stereocenters. The van der Waals surface area contributed by atoms with E-state index in [9.17, 15) is 14.4 Å². The summed E-state index contributed by atoms with van der Waals surface area (Å²) in [7, 11) is 0. The third-order valence-corrected chi connectivity index (χ3v) is 3.47. The fourth-order valence-electron chi connectivity index (χ4n) is 2.10. The van der Waals surface area contributed by atoms with Crippen LogP contribution in [-0.4, -0.2) is 40.6 Å². The lowest BCUT2D eigenvalue weighted by Gasteiger charge is -2.26. The number of imide groups is 1. The topological polar surface area (TPSA) is 83.9 Å². The number of aliphatic carboxylic acids is 1. The number of carboxylic acids is 1. The van der Waals surface area contributed by atoms with Gasteiger partial charge in [-0.15, -0.1) is 0 Å². The number of cyclic esters (lactones) is 1. The molecule has 0 aliphatic carbocycles. The molecule has 1 fully saturated rings. The molecule has 7 heteroatoms. The van der Waals surface area contributed by atoms with E-state index in [1.807, 2.05) is 13.8 Å². The molecule has 20 heavy (non-hydrogen) atoms. The predicted octanol–water partition coefficient (Wildman–Crippen LogP) is 2.38. The minimum atomic E-state index is -1.09. The largest absolute Gasteiger partial charge is 0.481 e. The van der Waals surface area contributed by atoms with Crippen molar-refractivity contribution in [3.8, 4) is 0 Å². The highest BCUT2D eigenvalue weighted by Crippen LogP contribution is 2.26. The number of halogens is 1. The Hall–Kier alpha value is -1.37. The van der Waals surface area contributed by atoms with E-state index < -0.39 is 23.9 Å². The van der Waals surface area contributed by atoms with Crippen LogP contribution in [0.25, 0.3) is 0 Å². The Balaban J connectivity index is 2.94. The maximum absolute atomic E-state index is 12.4. The summed E-state index contributed by atoms with van der Waals surface area (Å²) in [5.74, 6) is -2.39. The van der Waals surface area contributed by atoms with E-state index in [-0.39, 0.29) is 31.4 Å². The smallest absolute Gasteiger partial charge is 0.416 e. The average molecular weight is 348 g/mol. The highest BCUT2D eigenvalue weighted by molar-refractivity contribution is 9.11. The van der Waals surface area contributed by atoms with Crippen LogP contribution in [0.15, 0.2) is 11.1 Å². The fourth-order valence-corrected chi connectivity index (χ4v) is 2.49. The number of allylic oxidation sites excluding steroid dienone is 1. The van der Waals surface area contributed by atoms with Gasteiger partial charge in [0.1, 0.15) is 6.61 Å². The predicted molar refractivity (Wildman–Crippen MR) is 75.2 cm³/mol. The second-order valence-electron chi connectivity index (χ2n) is 5.11. The summed E-state index contributed by atoms with van der Waals surface area (Å²) in [5, 5.41) is 8.90. The second kappa shape index (κ2) is 6.88. The van der Waals surface area contributed by atoms with Crippen LogP contribution in [0.2, 0.25) is 0 Å². The molecule has 0 bridgehead atoms. The fraction of sp³-hybridized carbons (Fsp3) is 0.615. The van der Waals surface area contributed by atoms with Crippen LogP contribution in [0.1, 0.15) is 26.7 Å². The SMILES string of the molecule is C=C(Br)C[C@H](CC(=O)O)C(=O)N1C(=O)OC[C@@H]1C(C)C. The molecule has 0 spiro atoms. The summed E-state index contributed by atoms with van der Waals surface area (Å²) in [5.41, 5.74) is 0. The van der Waals surface area contributed by atoms with Gasteiger partial charge in [0.05, 0.1) is 18.4 Å². The number of amides is 2. The normalized spacial score (nSPS) is 19.9. The number of carboxylic acid groups (broad SMARTS) is 1. The molecule has 0 aromatic rings. The van der Waals surface area contributed by atoms with Gasteiger partial charge in [0.2, 0.25) is 5.91 Å². The first-order valence-corrected chi connectivity index (χ1v) is 7.08. The monoisotopic (exact) mass is 347 g/mol. The number of ether oxygens (including phenoxy) is 1. The van der Waals surface area contributed by atoms with Crippen LogP contribution < -0.4 is 0 Å². The van der Waals surface area contributed by atoms with Gasteiger partial charge in [-0.3, -0.25) is 9.59 Å². The Labute approximate surface area is 125 Å². The van der Waals surface area contributed by atoms with E-state index in [2.05, 4.69) is 22.5 Å². The van der Waals surface area contributed by atoms with Crippen molar-refractivity contribution >= 4 is 33.9 Å². The molecule has 0 unspecified atom stereocenters. The number of hydrogen-bond donors (Lipinski definition) is 1. The van der Waals surface area contributed by atoms with E-state index in [0.29, 0.717) is 4.48 Å². The molecule has 6 nitrogen and oxygen atoms in total. The van der Waals surface area contributed by atoms with Crippen LogP contribution in [-0.2, 0) is 14.3 Å². The van der Waals surface area contributed by atoms with Gasteiger partial charge in [-0.05, 0) is 16.8 Å². The van der Waals surface area contributed by atoms with Crippen molar-refractivity contribution in [1.29, 1.82) is 0 Å². The first-order chi connectivity index (χ1) is 9.23. The lowest BCUT2D eigenvalue weighted by molar-refractivity contribution is -0.143. The first-order valence-electron chi connectivity index (χ1n) is 6.29. The van der Waals surface area contributed by atoms with Crippen molar-refractivity contribution in [2.24, 2.45) is 11.8 Å². The summed E-state index contributed by atoms with van der Waals surface area (Å²) in [6, 6.07) is -0.352. The molecule has 2 amide bonds. The van der Waals surface area contributed by atoms with E-state index in [1.165, 1.54) is 0 Å². The van der Waals surface area contributed by atoms with E-state index in [1.54, 1.807) is 0 Å². The number of hydrogen-bond acceptors (Lipinski definition) is 4. The zero-order chi connectivity index (χ0) is 15.4. The molecule has 1 saturated heterocycles. The molecule has 0 radical (unpaired) electrons. The van der Waals surface area contributed by atoms with Gasteiger partial charge < -0.3 is 9.84 Å². The van der Waals surface area contributed by atoms with Crippen LogP contribution in [0.4, 0.5) is 4.79 Å².